The summed E-state index contributed by atoms with van der Waals surface area (Å²) in [5.41, 5.74) is 3.43. The van der Waals surface area contributed by atoms with Crippen molar-refractivity contribution in [2.75, 3.05) is 26.2 Å². The summed E-state index contributed by atoms with van der Waals surface area (Å²) in [6, 6.07) is 8.06. The van der Waals surface area contributed by atoms with Crippen LogP contribution in [-0.2, 0) is 16.0 Å². The van der Waals surface area contributed by atoms with Gasteiger partial charge in [0.25, 0.3) is 5.91 Å². The van der Waals surface area contributed by atoms with Crippen molar-refractivity contribution in [2.45, 2.75) is 103 Å². The average molecular weight is 576 g/mol. The molecule has 228 valence electrons. The third-order valence-electron chi connectivity index (χ3n) is 9.89. The number of nitrogens with zero attached hydrogens (tertiary/aromatic N) is 2. The van der Waals surface area contributed by atoms with Gasteiger partial charge in [0.15, 0.2) is 5.69 Å². The third kappa shape index (κ3) is 7.31. The van der Waals surface area contributed by atoms with Gasteiger partial charge in [-0.2, -0.15) is 0 Å². The Morgan fingerprint density at radius 1 is 1.12 bits per heavy atom. The smallest absolute Gasteiger partial charge is 0.271 e. The number of Topliss-reactive ketones (excluding diaryl/α,β-unsaturated/α-hetero) is 1. The van der Waals surface area contributed by atoms with Crippen molar-refractivity contribution in [1.29, 1.82) is 0 Å². The highest BCUT2D eigenvalue weighted by Gasteiger charge is 2.58. The van der Waals surface area contributed by atoms with Crippen molar-refractivity contribution in [3.63, 3.8) is 0 Å². The first-order chi connectivity index (χ1) is 20.4. The molecule has 2 aliphatic heterocycles. The fourth-order valence-electron chi connectivity index (χ4n) is 6.91. The third-order valence-corrected chi connectivity index (χ3v) is 9.89. The molecule has 1 aromatic heterocycles. The van der Waals surface area contributed by atoms with Crippen LogP contribution in [0.2, 0.25) is 0 Å². The molecule has 1 aliphatic carbocycles. The molecule has 3 aliphatic rings. The standard InChI is InChI=1S/C34H49N5O3/c1-3-26(40)15-8-5-9-16-28(36-32(41)27-23-34(27)17-20-39(4-2)21-18-34)29-30-33(42)35-19-10-6-7-12-24-13-11-14-25(22-24)31(37-29)38-30/h11,13-14,22,27-28H,3-10,12,15-21,23H2,1-2H3,(H,35,42)(H,36,41)(H,37,38)/t27-,28+/m1/s1. The number of aromatic nitrogens is 2. The number of nitrogens with one attached hydrogen (secondary N) is 3. The van der Waals surface area contributed by atoms with Crippen LogP contribution in [0.3, 0.4) is 0 Å². The van der Waals surface area contributed by atoms with Crippen LogP contribution in [0.25, 0.3) is 11.4 Å². The van der Waals surface area contributed by atoms with Gasteiger partial charge in [0, 0.05) is 30.9 Å². The molecule has 42 heavy (non-hydrogen) atoms. The highest BCUT2D eigenvalue weighted by molar-refractivity contribution is 5.94. The summed E-state index contributed by atoms with van der Waals surface area (Å²) in [5, 5.41) is 6.46. The first-order valence-electron chi connectivity index (χ1n) is 16.4. The van der Waals surface area contributed by atoms with Gasteiger partial charge in [-0.15, -0.1) is 0 Å². The maximum Gasteiger partial charge on any atom is 0.271 e. The lowest BCUT2D eigenvalue weighted by molar-refractivity contribution is -0.124. The van der Waals surface area contributed by atoms with Gasteiger partial charge in [0.1, 0.15) is 11.6 Å². The summed E-state index contributed by atoms with van der Waals surface area (Å²) in [6.07, 6.45) is 11.7. The number of hydrogen-bond acceptors (Lipinski definition) is 5. The van der Waals surface area contributed by atoms with Gasteiger partial charge < -0.3 is 20.5 Å². The maximum absolute atomic E-state index is 13.7. The molecule has 2 amide bonds. The zero-order valence-corrected chi connectivity index (χ0v) is 25.6. The van der Waals surface area contributed by atoms with E-state index in [1.807, 2.05) is 13.0 Å². The number of imidazole rings is 1. The Kier molecular flexibility index (Phi) is 10.1. The van der Waals surface area contributed by atoms with Crippen LogP contribution in [0, 0.1) is 11.3 Å². The number of likely N-dealkylation sites (tertiary alicyclic amines) is 1. The summed E-state index contributed by atoms with van der Waals surface area (Å²) >= 11 is 0. The number of benzene rings is 1. The van der Waals surface area contributed by atoms with E-state index in [1.54, 1.807) is 0 Å². The zero-order valence-electron chi connectivity index (χ0n) is 25.6. The van der Waals surface area contributed by atoms with E-state index in [4.69, 9.17) is 4.98 Å². The van der Waals surface area contributed by atoms with E-state index in [1.165, 1.54) is 5.56 Å². The molecular weight excluding hydrogens is 526 g/mol. The second-order valence-corrected chi connectivity index (χ2v) is 12.7. The van der Waals surface area contributed by atoms with Gasteiger partial charge in [-0.05, 0) is 88.0 Å². The van der Waals surface area contributed by atoms with Gasteiger partial charge in [-0.1, -0.05) is 51.3 Å². The molecule has 2 atom stereocenters. The fraction of sp³-hybridized carbons (Fsp3) is 0.647. The van der Waals surface area contributed by atoms with E-state index >= 15 is 0 Å². The molecule has 1 aromatic carbocycles. The molecule has 5 rings (SSSR count). The second kappa shape index (κ2) is 14.0. The number of H-pyrrole nitrogens is 1. The molecular formula is C34H49N5O3. The summed E-state index contributed by atoms with van der Waals surface area (Å²) in [6.45, 7) is 7.91. The number of rotatable bonds is 11. The molecule has 1 spiro atoms. The van der Waals surface area contributed by atoms with Gasteiger partial charge in [0.2, 0.25) is 5.91 Å². The molecule has 3 heterocycles. The maximum atomic E-state index is 13.7. The topological polar surface area (TPSA) is 107 Å². The summed E-state index contributed by atoms with van der Waals surface area (Å²) in [7, 11) is 0. The average Bonchev–Trinajstić information content (AvgIpc) is 3.51. The van der Waals surface area contributed by atoms with Crippen molar-refractivity contribution in [2.24, 2.45) is 11.3 Å². The van der Waals surface area contributed by atoms with Crippen LogP contribution in [0.5, 0.6) is 0 Å². The largest absolute Gasteiger partial charge is 0.351 e. The van der Waals surface area contributed by atoms with E-state index in [9.17, 15) is 14.4 Å². The molecule has 8 nitrogen and oxygen atoms in total. The molecule has 1 saturated carbocycles. The Bertz CT molecular complexity index is 1250. The minimum absolute atomic E-state index is 0.0374. The van der Waals surface area contributed by atoms with E-state index in [0.29, 0.717) is 48.8 Å². The number of fused-ring (bicyclic) bond motifs is 5. The Balaban J connectivity index is 1.38. The van der Waals surface area contributed by atoms with Crippen LogP contribution >= 0.6 is 0 Å². The van der Waals surface area contributed by atoms with Crippen LogP contribution in [-0.4, -0.2) is 58.6 Å². The van der Waals surface area contributed by atoms with Gasteiger partial charge in [-0.3, -0.25) is 14.4 Å². The van der Waals surface area contributed by atoms with Crippen molar-refractivity contribution < 1.29 is 14.4 Å². The number of piperidine rings is 1. The monoisotopic (exact) mass is 575 g/mol. The number of unbranched alkanes of at least 4 members (excludes halogenated alkanes) is 2. The van der Waals surface area contributed by atoms with E-state index < -0.39 is 0 Å². The number of aromatic amines is 1. The first kappa shape index (κ1) is 30.5. The summed E-state index contributed by atoms with van der Waals surface area (Å²) < 4.78 is 0. The quantitative estimate of drug-likeness (QED) is 0.296. The lowest BCUT2D eigenvalue weighted by atomic mass is 9.90. The Morgan fingerprint density at radius 2 is 1.95 bits per heavy atom. The van der Waals surface area contributed by atoms with Crippen molar-refractivity contribution in [3.8, 4) is 11.4 Å². The normalized spacial score (nSPS) is 21.0. The molecule has 3 N–H and O–H groups in total. The predicted molar refractivity (Wildman–Crippen MR) is 165 cm³/mol. The molecule has 0 unspecified atom stereocenters. The summed E-state index contributed by atoms with van der Waals surface area (Å²) in [4.78, 5) is 49.8. The van der Waals surface area contributed by atoms with Crippen LogP contribution in [0.4, 0.5) is 0 Å². The first-order valence-corrected chi connectivity index (χ1v) is 16.4. The lowest BCUT2D eigenvalue weighted by Crippen LogP contribution is -2.38. The minimum Gasteiger partial charge on any atom is -0.351 e. The minimum atomic E-state index is -0.342. The van der Waals surface area contributed by atoms with Crippen LogP contribution in [0.15, 0.2) is 24.3 Å². The molecule has 4 bridgehead atoms. The molecule has 2 fully saturated rings. The Hall–Kier alpha value is -3.00. The van der Waals surface area contributed by atoms with E-state index in [0.717, 1.165) is 89.4 Å². The van der Waals surface area contributed by atoms with E-state index in [2.05, 4.69) is 45.6 Å². The zero-order chi connectivity index (χ0) is 29.5. The highest BCUT2D eigenvalue weighted by atomic mass is 16.2. The van der Waals surface area contributed by atoms with Gasteiger partial charge >= 0.3 is 0 Å². The lowest BCUT2D eigenvalue weighted by Gasteiger charge is -2.32. The van der Waals surface area contributed by atoms with Crippen LogP contribution < -0.4 is 10.6 Å². The molecule has 2 aromatic rings. The van der Waals surface area contributed by atoms with Crippen molar-refractivity contribution in [1.82, 2.24) is 25.5 Å². The number of carbonyl (C=O) groups excluding carboxylic acids is 3. The Labute approximate surface area is 250 Å². The predicted octanol–water partition coefficient (Wildman–Crippen LogP) is 5.74. The number of amides is 2. The van der Waals surface area contributed by atoms with Crippen LogP contribution in [0.1, 0.15) is 119 Å². The number of aryl methyl sites for hydroxylation is 1. The SMILES string of the molecule is CCC(=O)CCCCC[C@H](NC(=O)[C@H]1CC12CCN(CC)CC2)c1[nH]c2nc1C(=O)NCCCCCc1cccc-2c1. The second-order valence-electron chi connectivity index (χ2n) is 12.7. The molecule has 1 saturated heterocycles. The van der Waals surface area contributed by atoms with E-state index in [-0.39, 0.29) is 29.2 Å². The van der Waals surface area contributed by atoms with Crippen molar-refractivity contribution in [3.05, 3.63) is 41.2 Å². The number of ketones is 1. The molecule has 0 radical (unpaired) electrons. The molecule has 8 heteroatoms. The highest BCUT2D eigenvalue weighted by Crippen LogP contribution is 2.59. The number of carbonyl (C=O) groups is 3. The van der Waals surface area contributed by atoms with Gasteiger partial charge in [0.05, 0.1) is 11.7 Å². The van der Waals surface area contributed by atoms with Gasteiger partial charge in [-0.25, -0.2) is 4.98 Å². The summed E-state index contributed by atoms with van der Waals surface area (Å²) in [5.74, 6) is 0.908. The Morgan fingerprint density at radius 3 is 2.74 bits per heavy atom. The van der Waals surface area contributed by atoms with Crippen molar-refractivity contribution >= 4 is 17.6 Å². The number of hydrogen-bond donors (Lipinski definition) is 3. The fourth-order valence-corrected chi connectivity index (χ4v) is 6.91.